The van der Waals surface area contributed by atoms with Crippen LogP contribution < -0.4 is 4.74 Å². The van der Waals surface area contributed by atoms with Crippen molar-refractivity contribution in [2.45, 2.75) is 32.9 Å². The number of nitrogens with zero attached hydrogens (tertiary/aromatic N) is 2. The molecule has 0 bridgehead atoms. The summed E-state index contributed by atoms with van der Waals surface area (Å²) in [5, 5.41) is 27.7. The third-order valence-corrected chi connectivity index (χ3v) is 6.54. The van der Waals surface area contributed by atoms with Crippen molar-refractivity contribution in [3.05, 3.63) is 100 Å². The molecule has 1 amide bonds. The van der Waals surface area contributed by atoms with E-state index in [-0.39, 0.29) is 18.3 Å². The predicted octanol–water partition coefficient (Wildman–Crippen LogP) is 4.91. The van der Waals surface area contributed by atoms with Crippen molar-refractivity contribution in [1.29, 1.82) is 0 Å². The van der Waals surface area contributed by atoms with Gasteiger partial charge in [0.1, 0.15) is 29.5 Å². The molecule has 1 atom stereocenters. The lowest BCUT2D eigenvalue weighted by Gasteiger charge is -2.26. The fourth-order valence-corrected chi connectivity index (χ4v) is 4.97. The number of H-pyrrole nitrogens is 1. The number of nitrogens with one attached hydrogen (secondary N) is 1. The second-order valence-electron chi connectivity index (χ2n) is 9.16. The van der Waals surface area contributed by atoms with E-state index in [2.05, 4.69) is 10.2 Å². The number of aromatic nitrogens is 2. The number of aryl methyl sites for hydroxylation is 2. The first-order chi connectivity index (χ1) is 17.5. The number of benzene rings is 3. The van der Waals surface area contributed by atoms with Gasteiger partial charge < -0.3 is 19.8 Å². The van der Waals surface area contributed by atoms with Crippen LogP contribution in [0.4, 0.5) is 0 Å². The van der Waals surface area contributed by atoms with Gasteiger partial charge in [0.05, 0.1) is 6.04 Å². The van der Waals surface area contributed by atoms with E-state index >= 15 is 0 Å². The van der Waals surface area contributed by atoms with E-state index in [9.17, 15) is 15.0 Å². The second-order valence-corrected chi connectivity index (χ2v) is 9.16. The molecule has 0 saturated carbocycles. The minimum atomic E-state index is -0.437. The number of phenols is 1. The van der Waals surface area contributed by atoms with Crippen molar-refractivity contribution in [1.82, 2.24) is 15.1 Å². The Labute approximate surface area is 210 Å². The average Bonchev–Trinajstić information content (AvgIpc) is 3.40. The summed E-state index contributed by atoms with van der Waals surface area (Å²) >= 11 is 0. The Hall–Kier alpha value is -4.10. The van der Waals surface area contributed by atoms with Crippen LogP contribution >= 0.6 is 0 Å². The van der Waals surface area contributed by atoms with Crippen molar-refractivity contribution in [3.8, 4) is 22.8 Å². The molecule has 5 rings (SSSR count). The Bertz CT molecular complexity index is 1370. The molecule has 184 valence electrons. The number of aliphatic hydroxyl groups is 1. The maximum atomic E-state index is 13.4. The van der Waals surface area contributed by atoms with Crippen molar-refractivity contribution in [2.75, 3.05) is 13.2 Å². The van der Waals surface area contributed by atoms with E-state index in [0.717, 1.165) is 27.8 Å². The van der Waals surface area contributed by atoms with Gasteiger partial charge in [-0.25, -0.2) is 0 Å². The smallest absolute Gasteiger partial charge is 0.273 e. The number of hydrogen-bond donors (Lipinski definition) is 3. The molecule has 0 aliphatic carbocycles. The molecular formula is C29H29N3O4. The molecule has 36 heavy (non-hydrogen) atoms. The van der Waals surface area contributed by atoms with Gasteiger partial charge >= 0.3 is 0 Å². The maximum Gasteiger partial charge on any atom is 0.273 e. The summed E-state index contributed by atoms with van der Waals surface area (Å²) in [4.78, 5) is 15.2. The minimum absolute atomic E-state index is 0.0202. The number of hydrogen-bond acceptors (Lipinski definition) is 5. The highest BCUT2D eigenvalue weighted by Crippen LogP contribution is 2.46. The molecule has 1 aliphatic rings. The number of aromatic amines is 1. The zero-order valence-corrected chi connectivity index (χ0v) is 20.4. The van der Waals surface area contributed by atoms with Crippen LogP contribution in [0.15, 0.2) is 66.7 Å². The number of carbonyl (C=O) groups excluding carboxylic acids is 1. The first kappa shape index (κ1) is 23.6. The number of rotatable bonds is 8. The van der Waals surface area contributed by atoms with E-state index in [1.807, 2.05) is 74.5 Å². The van der Waals surface area contributed by atoms with Gasteiger partial charge in [-0.3, -0.25) is 9.89 Å². The molecule has 0 saturated heterocycles. The summed E-state index contributed by atoms with van der Waals surface area (Å²) in [6.45, 7) is 4.65. The normalized spacial score (nSPS) is 14.8. The number of aliphatic hydroxyl groups excluding tert-OH is 1. The summed E-state index contributed by atoms with van der Waals surface area (Å²) in [7, 11) is 0. The Kier molecular flexibility index (Phi) is 6.48. The molecule has 1 unspecified atom stereocenters. The Morgan fingerprint density at radius 2 is 1.86 bits per heavy atom. The molecule has 3 aromatic carbocycles. The van der Waals surface area contributed by atoms with Crippen LogP contribution in [0, 0.1) is 13.8 Å². The molecule has 0 fully saturated rings. The summed E-state index contributed by atoms with van der Waals surface area (Å²) in [6, 6.07) is 20.9. The van der Waals surface area contributed by atoms with Gasteiger partial charge in [0, 0.05) is 24.3 Å². The van der Waals surface area contributed by atoms with Gasteiger partial charge in [0.2, 0.25) is 0 Å². The molecule has 1 aliphatic heterocycles. The standard InChI is InChI=1S/C29H29N3O4/c1-18-14-19(2)24(23(34)15-18)26-25-27(31-30-26)29(35)32(12-7-13-33)28(25)21-10-6-11-22(16-21)36-17-20-8-4-3-5-9-20/h3-6,8-11,14-16,28,33-34H,7,12-13,17H2,1-2H3,(H,30,31). The monoisotopic (exact) mass is 483 g/mol. The number of aromatic hydroxyl groups is 1. The van der Waals surface area contributed by atoms with Crippen molar-refractivity contribution < 1.29 is 19.7 Å². The third kappa shape index (κ3) is 4.33. The van der Waals surface area contributed by atoms with Crippen molar-refractivity contribution in [2.24, 2.45) is 0 Å². The molecule has 7 heteroatoms. The number of ether oxygens (including phenoxy) is 1. The van der Waals surface area contributed by atoms with Crippen LogP contribution in [-0.2, 0) is 6.61 Å². The zero-order valence-electron chi connectivity index (χ0n) is 20.4. The second kappa shape index (κ2) is 9.87. The largest absolute Gasteiger partial charge is 0.507 e. The first-order valence-corrected chi connectivity index (χ1v) is 12.0. The molecule has 4 aromatic rings. The predicted molar refractivity (Wildman–Crippen MR) is 137 cm³/mol. The van der Waals surface area contributed by atoms with Gasteiger partial charge in [-0.15, -0.1) is 0 Å². The highest BCUT2D eigenvalue weighted by molar-refractivity contribution is 6.00. The van der Waals surface area contributed by atoms with Gasteiger partial charge in [0.15, 0.2) is 0 Å². The molecule has 2 heterocycles. The van der Waals surface area contributed by atoms with E-state index in [0.29, 0.717) is 42.3 Å². The number of amides is 1. The van der Waals surface area contributed by atoms with E-state index < -0.39 is 6.04 Å². The minimum Gasteiger partial charge on any atom is -0.507 e. The molecular weight excluding hydrogens is 454 g/mol. The number of phenolic OH excluding ortho intramolecular Hbond substituents is 1. The lowest BCUT2D eigenvalue weighted by Crippen LogP contribution is -2.31. The molecule has 0 radical (unpaired) electrons. The van der Waals surface area contributed by atoms with Crippen molar-refractivity contribution >= 4 is 5.91 Å². The lowest BCUT2D eigenvalue weighted by molar-refractivity contribution is 0.0732. The van der Waals surface area contributed by atoms with E-state index in [1.54, 1.807) is 11.0 Å². The van der Waals surface area contributed by atoms with Crippen LogP contribution in [0.3, 0.4) is 0 Å². The van der Waals surface area contributed by atoms with Crippen LogP contribution in [0.1, 0.15) is 50.8 Å². The van der Waals surface area contributed by atoms with Crippen LogP contribution in [0.2, 0.25) is 0 Å². The fourth-order valence-electron chi connectivity index (χ4n) is 4.97. The average molecular weight is 484 g/mol. The molecule has 7 nitrogen and oxygen atoms in total. The quantitative estimate of drug-likeness (QED) is 0.331. The lowest BCUT2D eigenvalue weighted by atomic mass is 9.93. The summed E-state index contributed by atoms with van der Waals surface area (Å²) in [6.07, 6.45) is 0.453. The number of carbonyl (C=O) groups is 1. The maximum absolute atomic E-state index is 13.4. The number of fused-ring (bicyclic) bond motifs is 1. The summed E-state index contributed by atoms with van der Waals surface area (Å²) in [5.74, 6) is 0.641. The molecule has 1 aromatic heterocycles. The Morgan fingerprint density at radius 3 is 2.61 bits per heavy atom. The third-order valence-electron chi connectivity index (χ3n) is 6.54. The first-order valence-electron chi connectivity index (χ1n) is 12.0. The molecule has 3 N–H and O–H groups in total. The SMILES string of the molecule is Cc1cc(C)c(-c2n[nH]c3c2C(c2cccc(OCc4ccccc4)c2)N(CCCO)C3=O)c(O)c1. The topological polar surface area (TPSA) is 98.7 Å². The van der Waals surface area contributed by atoms with Gasteiger partial charge in [0.25, 0.3) is 5.91 Å². The summed E-state index contributed by atoms with van der Waals surface area (Å²) in [5.41, 5.74) is 6.05. The Balaban J connectivity index is 1.57. The van der Waals surface area contributed by atoms with E-state index in [1.165, 1.54) is 0 Å². The van der Waals surface area contributed by atoms with E-state index in [4.69, 9.17) is 4.74 Å². The van der Waals surface area contributed by atoms with Crippen LogP contribution in [0.5, 0.6) is 11.5 Å². The highest BCUT2D eigenvalue weighted by Gasteiger charge is 2.42. The Morgan fingerprint density at radius 1 is 1.06 bits per heavy atom. The van der Waals surface area contributed by atoms with Gasteiger partial charge in [-0.2, -0.15) is 5.10 Å². The zero-order chi connectivity index (χ0) is 25.2. The van der Waals surface area contributed by atoms with Gasteiger partial charge in [-0.1, -0.05) is 48.5 Å². The summed E-state index contributed by atoms with van der Waals surface area (Å²) < 4.78 is 6.06. The van der Waals surface area contributed by atoms with Crippen LogP contribution in [0.25, 0.3) is 11.3 Å². The van der Waals surface area contributed by atoms with Crippen LogP contribution in [-0.4, -0.2) is 44.4 Å². The highest BCUT2D eigenvalue weighted by atomic mass is 16.5. The fraction of sp³-hybridized carbons (Fsp3) is 0.241. The van der Waals surface area contributed by atoms with Gasteiger partial charge in [-0.05, 0) is 60.7 Å². The molecule has 0 spiro atoms. The van der Waals surface area contributed by atoms with Crippen molar-refractivity contribution in [3.63, 3.8) is 0 Å².